The number of allylic oxidation sites excluding steroid dienone is 1. The van der Waals surface area contributed by atoms with Crippen LogP contribution in [0, 0.1) is 0 Å². The highest BCUT2D eigenvalue weighted by Gasteiger charge is 2.16. The van der Waals surface area contributed by atoms with Crippen molar-refractivity contribution in [3.8, 4) is 0 Å². The molecule has 0 bridgehead atoms. The molecule has 0 unspecified atom stereocenters. The van der Waals surface area contributed by atoms with Crippen LogP contribution in [0.5, 0.6) is 0 Å². The molecule has 5 nitrogen and oxygen atoms in total. The van der Waals surface area contributed by atoms with Gasteiger partial charge in [0.05, 0.1) is 7.11 Å². The highest BCUT2D eigenvalue weighted by molar-refractivity contribution is 8.02. The average molecular weight is 376 g/mol. The number of thioether (sulfide) groups is 1. The molecular weight excluding hydrogens is 354 g/mol. The summed E-state index contributed by atoms with van der Waals surface area (Å²) in [6.07, 6.45) is 5.59. The van der Waals surface area contributed by atoms with E-state index in [0.717, 1.165) is 20.1 Å². The summed E-state index contributed by atoms with van der Waals surface area (Å²) < 4.78 is 34.8. The molecule has 0 atom stereocenters. The number of aryl methyl sites for hydroxylation is 1. The fourth-order valence-electron chi connectivity index (χ4n) is 1.93. The second-order valence-electron chi connectivity index (χ2n) is 4.40. The summed E-state index contributed by atoms with van der Waals surface area (Å²) in [6, 6.07) is 8.64. The van der Waals surface area contributed by atoms with Crippen LogP contribution in [-0.4, -0.2) is 26.3 Å². The van der Waals surface area contributed by atoms with Crippen molar-refractivity contribution in [3.05, 3.63) is 34.2 Å². The van der Waals surface area contributed by atoms with Gasteiger partial charge in [0.1, 0.15) is 11.2 Å². The van der Waals surface area contributed by atoms with Gasteiger partial charge in [-0.15, -0.1) is 11.8 Å². The van der Waals surface area contributed by atoms with Crippen molar-refractivity contribution in [2.24, 2.45) is 0 Å². The van der Waals surface area contributed by atoms with Gasteiger partial charge in [-0.2, -0.15) is 4.57 Å². The number of hydrogen-bond acceptors (Lipinski definition) is 6. The average Bonchev–Trinajstić information content (AvgIpc) is 2.89. The van der Waals surface area contributed by atoms with Crippen LogP contribution in [0.2, 0.25) is 0 Å². The van der Waals surface area contributed by atoms with Gasteiger partial charge in [-0.25, -0.2) is 8.42 Å². The van der Waals surface area contributed by atoms with Crippen LogP contribution >= 0.6 is 23.1 Å². The number of benzene rings is 1. The third kappa shape index (κ3) is 6.23. The second-order valence-corrected chi connectivity index (χ2v) is 7.54. The Kier molecular flexibility index (Phi) is 8.21. The van der Waals surface area contributed by atoms with Crippen molar-refractivity contribution in [2.45, 2.75) is 26.8 Å². The summed E-state index contributed by atoms with van der Waals surface area (Å²) in [5.74, 6) is 0. The number of para-hydroxylation sites is 1. The summed E-state index contributed by atoms with van der Waals surface area (Å²) in [5, 5.41) is 1.36. The van der Waals surface area contributed by atoms with Gasteiger partial charge in [-0.3, -0.25) is 4.18 Å². The van der Waals surface area contributed by atoms with E-state index in [0.29, 0.717) is 0 Å². The Hall–Kier alpha value is -0.930. The minimum absolute atomic E-state index is 0.808. The number of nitrogens with zero attached hydrogens (tertiary/aromatic N) is 1. The van der Waals surface area contributed by atoms with Crippen LogP contribution in [0.3, 0.4) is 0 Å². The van der Waals surface area contributed by atoms with Crippen molar-refractivity contribution in [1.82, 2.24) is 0 Å². The van der Waals surface area contributed by atoms with Crippen molar-refractivity contribution in [1.29, 1.82) is 0 Å². The standard InChI is InChI=1S/C14H18NS2.CH4O4S/c1-4-11(16-3)10-14-15(5-2)12-8-6-7-9-13(12)17-14;1-5-6(2,3)4/h6-10H,4-5H2,1-3H3;1H3,(H,2,3,4)/q+1;/p-1/b11-10-;. The summed E-state index contributed by atoms with van der Waals surface area (Å²) in [5.41, 5.74) is 1.35. The minimum Gasteiger partial charge on any atom is -0.726 e. The maximum atomic E-state index is 9.22. The van der Waals surface area contributed by atoms with Crippen LogP contribution in [0.25, 0.3) is 16.3 Å². The number of aromatic nitrogens is 1. The molecule has 0 saturated heterocycles. The monoisotopic (exact) mass is 375 g/mol. The minimum atomic E-state index is -4.41. The van der Waals surface area contributed by atoms with E-state index in [-0.39, 0.29) is 0 Å². The Morgan fingerprint density at radius 3 is 2.48 bits per heavy atom. The first-order chi connectivity index (χ1) is 10.9. The van der Waals surface area contributed by atoms with Gasteiger partial charge in [-0.05, 0) is 30.6 Å². The fourth-order valence-corrected chi connectivity index (χ4v) is 3.72. The predicted molar refractivity (Wildman–Crippen MR) is 96.2 cm³/mol. The molecule has 128 valence electrons. The maximum Gasteiger partial charge on any atom is 0.263 e. The quantitative estimate of drug-likeness (QED) is 0.455. The van der Waals surface area contributed by atoms with Gasteiger partial charge < -0.3 is 4.55 Å². The highest BCUT2D eigenvalue weighted by Crippen LogP contribution is 2.25. The summed E-state index contributed by atoms with van der Waals surface area (Å²) in [4.78, 5) is 1.44. The molecule has 1 aromatic carbocycles. The number of hydrogen-bond donors (Lipinski definition) is 0. The van der Waals surface area contributed by atoms with Crippen molar-refractivity contribution < 1.29 is 21.7 Å². The zero-order chi connectivity index (χ0) is 17.5. The van der Waals surface area contributed by atoms with E-state index in [9.17, 15) is 13.0 Å². The third-order valence-electron chi connectivity index (χ3n) is 3.05. The fraction of sp³-hybridized carbons (Fsp3) is 0.400. The van der Waals surface area contributed by atoms with Crippen LogP contribution in [0.1, 0.15) is 25.3 Å². The van der Waals surface area contributed by atoms with Crippen LogP contribution in [-0.2, 0) is 21.1 Å². The molecule has 0 saturated carbocycles. The SMILES string of the molecule is CC/C(=C/c1sc2ccccc2[n+]1CC)SC.COS(=O)(=O)[O-]. The summed E-state index contributed by atoms with van der Waals surface area (Å²) in [6.45, 7) is 5.45. The van der Waals surface area contributed by atoms with E-state index in [2.05, 4.69) is 59.2 Å². The van der Waals surface area contributed by atoms with Crippen LogP contribution in [0.4, 0.5) is 0 Å². The van der Waals surface area contributed by atoms with E-state index in [4.69, 9.17) is 0 Å². The Morgan fingerprint density at radius 2 is 2.00 bits per heavy atom. The normalized spacial score (nSPS) is 12.1. The maximum absolute atomic E-state index is 9.22. The van der Waals surface area contributed by atoms with Crippen molar-refractivity contribution in [3.63, 3.8) is 0 Å². The van der Waals surface area contributed by atoms with E-state index < -0.39 is 10.4 Å². The summed E-state index contributed by atoms with van der Waals surface area (Å²) in [7, 11) is -3.60. The van der Waals surface area contributed by atoms with Gasteiger partial charge in [0.25, 0.3) is 5.01 Å². The first kappa shape index (κ1) is 20.1. The molecule has 1 heterocycles. The first-order valence-electron chi connectivity index (χ1n) is 7.03. The lowest BCUT2D eigenvalue weighted by Gasteiger charge is -1.98. The lowest BCUT2D eigenvalue weighted by molar-refractivity contribution is -0.665. The van der Waals surface area contributed by atoms with Gasteiger partial charge in [0.2, 0.25) is 15.9 Å². The first-order valence-corrected chi connectivity index (χ1v) is 10.4. The van der Waals surface area contributed by atoms with E-state index in [1.54, 1.807) is 0 Å². The Balaban J connectivity index is 0.000000379. The molecule has 0 aliphatic heterocycles. The highest BCUT2D eigenvalue weighted by atomic mass is 32.3. The molecule has 0 aliphatic carbocycles. The smallest absolute Gasteiger partial charge is 0.263 e. The second kappa shape index (κ2) is 9.39. The molecule has 0 fully saturated rings. The largest absolute Gasteiger partial charge is 0.726 e. The molecule has 0 radical (unpaired) electrons. The van der Waals surface area contributed by atoms with Gasteiger partial charge in [0.15, 0.2) is 0 Å². The Labute approximate surface area is 145 Å². The van der Waals surface area contributed by atoms with Crippen molar-refractivity contribution >= 4 is 49.8 Å². The molecule has 0 spiro atoms. The van der Waals surface area contributed by atoms with Crippen molar-refractivity contribution in [2.75, 3.05) is 13.4 Å². The van der Waals surface area contributed by atoms with Crippen LogP contribution in [0.15, 0.2) is 29.2 Å². The zero-order valence-electron chi connectivity index (χ0n) is 13.6. The molecule has 23 heavy (non-hydrogen) atoms. The van der Waals surface area contributed by atoms with Gasteiger partial charge in [0, 0.05) is 12.1 Å². The molecule has 8 heteroatoms. The van der Waals surface area contributed by atoms with Gasteiger partial charge in [-0.1, -0.05) is 30.4 Å². The molecule has 2 rings (SSSR count). The predicted octanol–water partition coefficient (Wildman–Crippen LogP) is 3.42. The molecule has 0 N–H and O–H groups in total. The summed E-state index contributed by atoms with van der Waals surface area (Å²) >= 11 is 3.73. The number of fused-ring (bicyclic) bond motifs is 1. The zero-order valence-corrected chi connectivity index (χ0v) is 16.1. The lowest BCUT2D eigenvalue weighted by atomic mass is 10.3. The number of thiazole rings is 1. The number of rotatable bonds is 5. The lowest BCUT2D eigenvalue weighted by Crippen LogP contribution is -2.33. The van der Waals surface area contributed by atoms with Crippen LogP contribution < -0.4 is 4.57 Å². The van der Waals surface area contributed by atoms with E-state index in [1.807, 2.05) is 23.1 Å². The molecular formula is C15H21NO4S3. The molecule has 2 aromatic rings. The van der Waals surface area contributed by atoms with E-state index in [1.165, 1.54) is 20.1 Å². The third-order valence-corrected chi connectivity index (χ3v) is 5.50. The Bertz CT molecular complexity index is 760. The Morgan fingerprint density at radius 1 is 1.39 bits per heavy atom. The van der Waals surface area contributed by atoms with E-state index >= 15 is 0 Å². The molecule has 0 amide bonds. The molecule has 1 aromatic heterocycles. The van der Waals surface area contributed by atoms with Gasteiger partial charge >= 0.3 is 0 Å². The topological polar surface area (TPSA) is 70.3 Å². The molecule has 0 aliphatic rings.